The standard InChI is InChI=1S/C14H19N2O2P.C2H6/c1-2-15-6-5-10-8-16-13-4-3-11(7-12(10)13)18-14(17)9-19;1-2/h3-4,7-8,15-16H,2,5-6,9,19H2,1H3;1-2H3. The molecule has 0 radical (unpaired) electrons. The first-order valence-corrected chi connectivity index (χ1v) is 8.27. The van der Waals surface area contributed by atoms with Gasteiger partial charge in [-0.15, -0.1) is 9.24 Å². The maximum absolute atomic E-state index is 11.3. The first-order valence-electron chi connectivity index (χ1n) is 7.46. The monoisotopic (exact) mass is 308 g/mol. The number of benzene rings is 1. The third-order valence-corrected chi connectivity index (χ3v) is 3.29. The highest BCUT2D eigenvalue weighted by atomic mass is 31.0. The van der Waals surface area contributed by atoms with E-state index >= 15 is 0 Å². The van der Waals surface area contributed by atoms with E-state index in [1.165, 1.54) is 5.56 Å². The number of rotatable bonds is 6. The fourth-order valence-electron chi connectivity index (χ4n) is 2.00. The first-order chi connectivity index (χ1) is 10.2. The molecular formula is C16H25N2O2P. The van der Waals surface area contributed by atoms with Crippen molar-refractivity contribution in [1.82, 2.24) is 10.3 Å². The number of H-pyrrole nitrogens is 1. The molecule has 1 unspecified atom stereocenters. The Balaban J connectivity index is 0.00000106. The van der Waals surface area contributed by atoms with Crippen molar-refractivity contribution >= 4 is 26.1 Å². The van der Waals surface area contributed by atoms with Gasteiger partial charge < -0.3 is 15.0 Å². The van der Waals surface area contributed by atoms with E-state index in [4.69, 9.17) is 4.74 Å². The van der Waals surface area contributed by atoms with Gasteiger partial charge in [0.05, 0.1) is 6.16 Å². The number of nitrogens with one attached hydrogen (secondary N) is 2. The van der Waals surface area contributed by atoms with E-state index in [9.17, 15) is 4.79 Å². The number of likely N-dealkylation sites (N-methyl/N-ethyl adjacent to an activating group) is 1. The fraction of sp³-hybridized carbons (Fsp3) is 0.438. The predicted octanol–water partition coefficient (Wildman–Crippen LogP) is 3.13. The molecule has 0 aliphatic rings. The van der Waals surface area contributed by atoms with Crippen LogP contribution in [0.3, 0.4) is 0 Å². The van der Waals surface area contributed by atoms with Crippen LogP contribution in [0.15, 0.2) is 24.4 Å². The van der Waals surface area contributed by atoms with Gasteiger partial charge in [0.25, 0.3) is 0 Å². The number of carbonyl (C=O) groups is 1. The molecule has 2 N–H and O–H groups in total. The molecule has 21 heavy (non-hydrogen) atoms. The lowest BCUT2D eigenvalue weighted by Gasteiger charge is -2.04. The summed E-state index contributed by atoms with van der Waals surface area (Å²) in [5, 5.41) is 4.42. The second-order valence-electron chi connectivity index (χ2n) is 4.30. The summed E-state index contributed by atoms with van der Waals surface area (Å²) in [5.41, 5.74) is 2.30. The average Bonchev–Trinajstić information content (AvgIpc) is 2.92. The summed E-state index contributed by atoms with van der Waals surface area (Å²) in [5.74, 6) is 0.360. The molecule has 1 atom stereocenters. The molecule has 0 aliphatic carbocycles. The minimum absolute atomic E-state index is 0.242. The molecule has 116 valence electrons. The third kappa shape index (κ3) is 5.14. The van der Waals surface area contributed by atoms with Crippen LogP contribution in [0.1, 0.15) is 26.3 Å². The summed E-state index contributed by atoms with van der Waals surface area (Å²) in [4.78, 5) is 14.5. The van der Waals surface area contributed by atoms with Crippen molar-refractivity contribution in [3.05, 3.63) is 30.0 Å². The lowest BCUT2D eigenvalue weighted by atomic mass is 10.1. The van der Waals surface area contributed by atoms with E-state index in [1.807, 2.05) is 38.2 Å². The van der Waals surface area contributed by atoms with Crippen LogP contribution in [-0.2, 0) is 11.2 Å². The zero-order chi connectivity index (χ0) is 15.7. The first kappa shape index (κ1) is 17.7. The molecule has 0 aliphatic heterocycles. The molecule has 2 rings (SSSR count). The number of aromatic amines is 1. The molecule has 1 heterocycles. The lowest BCUT2D eigenvalue weighted by molar-refractivity contribution is -0.131. The molecular weight excluding hydrogens is 283 g/mol. The molecule has 0 fully saturated rings. The second kappa shape index (κ2) is 9.54. The molecule has 0 saturated carbocycles. The van der Waals surface area contributed by atoms with Crippen LogP contribution in [0, 0.1) is 0 Å². The third-order valence-electron chi connectivity index (χ3n) is 2.96. The summed E-state index contributed by atoms with van der Waals surface area (Å²) in [6.45, 7) is 8.01. The Hall–Kier alpha value is -1.38. The molecule has 5 heteroatoms. The molecule has 4 nitrogen and oxygen atoms in total. The van der Waals surface area contributed by atoms with Crippen molar-refractivity contribution in [3.8, 4) is 5.75 Å². The van der Waals surface area contributed by atoms with Crippen LogP contribution < -0.4 is 10.1 Å². The maximum atomic E-state index is 11.3. The smallest absolute Gasteiger partial charge is 0.315 e. The fourth-order valence-corrected chi connectivity index (χ4v) is 2.08. The van der Waals surface area contributed by atoms with Gasteiger partial charge in [0.15, 0.2) is 0 Å². The molecule has 0 spiro atoms. The summed E-state index contributed by atoms with van der Waals surface area (Å²) >= 11 is 0. The van der Waals surface area contributed by atoms with Crippen LogP contribution in [0.5, 0.6) is 5.75 Å². The minimum Gasteiger partial charge on any atom is -0.426 e. The number of hydrogen-bond acceptors (Lipinski definition) is 3. The molecule has 2 aromatic rings. The number of fused-ring (bicyclic) bond motifs is 1. The normalized spacial score (nSPS) is 10.1. The minimum atomic E-state index is -0.242. The van der Waals surface area contributed by atoms with Gasteiger partial charge in [-0.1, -0.05) is 20.8 Å². The highest BCUT2D eigenvalue weighted by molar-refractivity contribution is 7.18. The lowest BCUT2D eigenvalue weighted by Crippen LogP contribution is -2.15. The summed E-state index contributed by atoms with van der Waals surface area (Å²) < 4.78 is 5.23. The Kier molecular flexibility index (Phi) is 8.03. The topological polar surface area (TPSA) is 54.1 Å². The van der Waals surface area contributed by atoms with Crippen LogP contribution in [0.25, 0.3) is 10.9 Å². The largest absolute Gasteiger partial charge is 0.426 e. The van der Waals surface area contributed by atoms with E-state index in [0.717, 1.165) is 30.4 Å². The highest BCUT2D eigenvalue weighted by Gasteiger charge is 2.07. The number of aromatic nitrogens is 1. The molecule has 0 bridgehead atoms. The van der Waals surface area contributed by atoms with Gasteiger partial charge >= 0.3 is 5.97 Å². The van der Waals surface area contributed by atoms with Crippen molar-refractivity contribution in [2.24, 2.45) is 0 Å². The Morgan fingerprint density at radius 3 is 2.81 bits per heavy atom. The van der Waals surface area contributed by atoms with E-state index in [0.29, 0.717) is 11.9 Å². The summed E-state index contributed by atoms with van der Waals surface area (Å²) in [6.07, 6.45) is 3.27. The van der Waals surface area contributed by atoms with Crippen LogP contribution in [0.2, 0.25) is 0 Å². The van der Waals surface area contributed by atoms with Crippen LogP contribution >= 0.6 is 9.24 Å². The van der Waals surface area contributed by atoms with Gasteiger partial charge in [-0.2, -0.15) is 0 Å². The van der Waals surface area contributed by atoms with Crippen LogP contribution in [-0.4, -0.2) is 30.2 Å². The summed E-state index contributed by atoms with van der Waals surface area (Å²) in [7, 11) is 2.36. The molecule has 0 saturated heterocycles. The molecule has 0 amide bonds. The second-order valence-corrected chi connectivity index (χ2v) is 4.71. The number of hydrogen-bond donors (Lipinski definition) is 2. The van der Waals surface area contributed by atoms with Gasteiger partial charge in [0, 0.05) is 17.1 Å². The Bertz CT molecular complexity index is 566. The van der Waals surface area contributed by atoms with E-state index in [-0.39, 0.29) is 5.97 Å². The Labute approximate surface area is 128 Å². The SMILES string of the molecule is CC.CCNCCc1c[nH]c2ccc(OC(=O)CP)cc12. The molecule has 1 aromatic heterocycles. The average molecular weight is 308 g/mol. The summed E-state index contributed by atoms with van der Waals surface area (Å²) in [6, 6.07) is 5.67. The van der Waals surface area contributed by atoms with E-state index < -0.39 is 0 Å². The van der Waals surface area contributed by atoms with Crippen molar-refractivity contribution < 1.29 is 9.53 Å². The number of ether oxygens (including phenoxy) is 1. The van der Waals surface area contributed by atoms with Gasteiger partial charge in [0.1, 0.15) is 5.75 Å². The Morgan fingerprint density at radius 1 is 1.38 bits per heavy atom. The number of carbonyl (C=O) groups excluding carboxylic acids is 1. The van der Waals surface area contributed by atoms with Gasteiger partial charge in [0.2, 0.25) is 0 Å². The molecule has 1 aromatic carbocycles. The predicted molar refractivity (Wildman–Crippen MR) is 92.1 cm³/mol. The van der Waals surface area contributed by atoms with Crippen molar-refractivity contribution in [1.29, 1.82) is 0 Å². The van der Waals surface area contributed by atoms with Crippen molar-refractivity contribution in [3.63, 3.8) is 0 Å². The zero-order valence-corrected chi connectivity index (χ0v) is 14.2. The Morgan fingerprint density at radius 2 is 2.14 bits per heavy atom. The van der Waals surface area contributed by atoms with Gasteiger partial charge in [-0.3, -0.25) is 4.79 Å². The van der Waals surface area contributed by atoms with E-state index in [2.05, 4.69) is 26.5 Å². The van der Waals surface area contributed by atoms with Crippen LogP contribution in [0.4, 0.5) is 0 Å². The maximum Gasteiger partial charge on any atom is 0.315 e. The van der Waals surface area contributed by atoms with Gasteiger partial charge in [-0.25, -0.2) is 0 Å². The van der Waals surface area contributed by atoms with Crippen molar-refractivity contribution in [2.75, 3.05) is 19.3 Å². The zero-order valence-electron chi connectivity index (χ0n) is 13.0. The number of esters is 1. The quantitative estimate of drug-likeness (QED) is 0.373. The van der Waals surface area contributed by atoms with Crippen molar-refractivity contribution in [2.45, 2.75) is 27.2 Å². The van der Waals surface area contributed by atoms with E-state index in [1.54, 1.807) is 0 Å². The highest BCUT2D eigenvalue weighted by Crippen LogP contribution is 2.24. The van der Waals surface area contributed by atoms with Gasteiger partial charge in [-0.05, 0) is 43.3 Å².